The molecule has 0 amide bonds. The highest BCUT2D eigenvalue weighted by Crippen LogP contribution is 2.11. The molecule has 4 nitrogen and oxygen atoms in total. The van der Waals surface area contributed by atoms with Crippen LogP contribution in [0.15, 0.2) is 12.4 Å². The van der Waals surface area contributed by atoms with Crippen LogP contribution in [0.25, 0.3) is 0 Å². The van der Waals surface area contributed by atoms with Crippen molar-refractivity contribution in [2.75, 3.05) is 25.2 Å². The van der Waals surface area contributed by atoms with Gasteiger partial charge in [-0.05, 0) is 13.8 Å². The molecule has 1 aromatic rings. The van der Waals surface area contributed by atoms with Gasteiger partial charge in [-0.25, -0.2) is 9.97 Å². The topological polar surface area (TPSA) is 38.2 Å². The summed E-state index contributed by atoms with van der Waals surface area (Å²) in [6, 6.07) is 0.344. The zero-order chi connectivity index (χ0) is 12.0. The smallest absolute Gasteiger partial charge is 0.225 e. The molecule has 0 N–H and O–H groups in total. The molecular formula is C11H18ClN3O. The minimum atomic E-state index is 0.344. The Balaban J connectivity index is 2.75. The maximum absolute atomic E-state index is 5.69. The fraction of sp³-hybridized carbons (Fsp3) is 0.636. The summed E-state index contributed by atoms with van der Waals surface area (Å²) in [4.78, 5) is 10.7. The number of methoxy groups -OCH3 is 1. The van der Waals surface area contributed by atoms with Crippen LogP contribution in [0.3, 0.4) is 0 Å². The molecule has 0 atom stereocenters. The van der Waals surface area contributed by atoms with E-state index in [1.54, 1.807) is 19.5 Å². The van der Waals surface area contributed by atoms with Gasteiger partial charge in [0, 0.05) is 37.7 Å². The Labute approximate surface area is 102 Å². The Morgan fingerprint density at radius 1 is 1.38 bits per heavy atom. The van der Waals surface area contributed by atoms with Gasteiger partial charge < -0.3 is 9.64 Å². The van der Waals surface area contributed by atoms with E-state index in [1.807, 2.05) is 0 Å². The Morgan fingerprint density at radius 2 is 2.00 bits per heavy atom. The molecule has 1 aromatic heterocycles. The molecule has 0 fully saturated rings. The monoisotopic (exact) mass is 243 g/mol. The predicted octanol–water partition coefficient (Wildman–Crippen LogP) is 2.08. The summed E-state index contributed by atoms with van der Waals surface area (Å²) in [5.41, 5.74) is 0.931. The third kappa shape index (κ3) is 3.61. The molecule has 0 unspecified atom stereocenters. The van der Waals surface area contributed by atoms with E-state index < -0.39 is 0 Å². The first-order chi connectivity index (χ1) is 7.69. The summed E-state index contributed by atoms with van der Waals surface area (Å²) in [7, 11) is 1.69. The van der Waals surface area contributed by atoms with Crippen molar-refractivity contribution in [3.8, 4) is 0 Å². The second kappa shape index (κ2) is 6.66. The predicted molar refractivity (Wildman–Crippen MR) is 65.9 cm³/mol. The van der Waals surface area contributed by atoms with Crippen molar-refractivity contribution in [1.82, 2.24) is 9.97 Å². The Bertz CT molecular complexity index is 303. The average Bonchev–Trinajstić information content (AvgIpc) is 2.30. The molecule has 0 radical (unpaired) electrons. The molecule has 0 spiro atoms. The van der Waals surface area contributed by atoms with Gasteiger partial charge in [0.2, 0.25) is 5.95 Å². The number of halogens is 1. The van der Waals surface area contributed by atoms with Gasteiger partial charge >= 0.3 is 0 Å². The maximum atomic E-state index is 5.69. The van der Waals surface area contributed by atoms with Gasteiger partial charge in [0.25, 0.3) is 0 Å². The summed E-state index contributed by atoms with van der Waals surface area (Å²) in [5.74, 6) is 1.17. The number of nitrogens with zero attached hydrogens (tertiary/aromatic N) is 3. The molecule has 90 valence electrons. The van der Waals surface area contributed by atoms with E-state index in [4.69, 9.17) is 16.3 Å². The number of hydrogen-bond donors (Lipinski definition) is 0. The van der Waals surface area contributed by atoms with Crippen molar-refractivity contribution in [3.63, 3.8) is 0 Å². The summed E-state index contributed by atoms with van der Waals surface area (Å²) in [6.07, 6.45) is 3.52. The molecule has 0 bridgehead atoms. The summed E-state index contributed by atoms with van der Waals surface area (Å²) in [6.45, 7) is 5.66. The van der Waals surface area contributed by atoms with Gasteiger partial charge in [-0.2, -0.15) is 0 Å². The zero-order valence-electron chi connectivity index (χ0n) is 9.98. The molecule has 5 heteroatoms. The molecule has 0 aromatic carbocycles. The lowest BCUT2D eigenvalue weighted by atomic mass is 10.3. The van der Waals surface area contributed by atoms with Gasteiger partial charge in [-0.15, -0.1) is 11.6 Å². The molecule has 0 aliphatic rings. The number of aromatic nitrogens is 2. The van der Waals surface area contributed by atoms with Crippen LogP contribution >= 0.6 is 11.6 Å². The molecule has 0 saturated carbocycles. The van der Waals surface area contributed by atoms with Gasteiger partial charge in [-0.1, -0.05) is 0 Å². The van der Waals surface area contributed by atoms with Crippen LogP contribution < -0.4 is 4.90 Å². The molecule has 16 heavy (non-hydrogen) atoms. The van der Waals surface area contributed by atoms with E-state index in [9.17, 15) is 0 Å². The average molecular weight is 244 g/mol. The fourth-order valence-electron chi connectivity index (χ4n) is 1.34. The molecule has 0 aliphatic heterocycles. The Hall–Kier alpha value is -0.870. The highest BCUT2D eigenvalue weighted by Gasteiger charge is 2.12. The van der Waals surface area contributed by atoms with E-state index in [0.717, 1.165) is 18.1 Å². The standard InChI is InChI=1S/C11H18ClN3O/c1-9(2)15(4-5-16-3)11-13-7-10(6-12)8-14-11/h7-9H,4-6H2,1-3H3. The van der Waals surface area contributed by atoms with Crippen molar-refractivity contribution >= 4 is 17.5 Å². The minimum absolute atomic E-state index is 0.344. The number of hydrogen-bond acceptors (Lipinski definition) is 4. The Morgan fingerprint density at radius 3 is 2.44 bits per heavy atom. The highest BCUT2D eigenvalue weighted by molar-refractivity contribution is 6.17. The maximum Gasteiger partial charge on any atom is 0.225 e. The first-order valence-electron chi connectivity index (χ1n) is 5.31. The first-order valence-corrected chi connectivity index (χ1v) is 5.85. The van der Waals surface area contributed by atoms with E-state index in [-0.39, 0.29) is 0 Å². The SMILES string of the molecule is COCCN(c1ncc(CCl)cn1)C(C)C. The van der Waals surface area contributed by atoms with Crippen LogP contribution in [0, 0.1) is 0 Å². The van der Waals surface area contributed by atoms with Crippen molar-refractivity contribution in [2.45, 2.75) is 25.8 Å². The number of anilines is 1. The first kappa shape index (κ1) is 13.2. The normalized spacial score (nSPS) is 10.8. The molecule has 0 aliphatic carbocycles. The lowest BCUT2D eigenvalue weighted by molar-refractivity contribution is 0.203. The van der Waals surface area contributed by atoms with Crippen LogP contribution in [0.5, 0.6) is 0 Å². The largest absolute Gasteiger partial charge is 0.383 e. The summed E-state index contributed by atoms with van der Waals surface area (Å²) < 4.78 is 5.07. The van der Waals surface area contributed by atoms with Crippen molar-refractivity contribution in [3.05, 3.63) is 18.0 Å². The van der Waals surface area contributed by atoms with E-state index >= 15 is 0 Å². The van der Waals surface area contributed by atoms with Crippen LogP contribution in [0.2, 0.25) is 0 Å². The molecule has 1 heterocycles. The molecular weight excluding hydrogens is 226 g/mol. The third-order valence-electron chi connectivity index (χ3n) is 2.26. The molecule has 0 saturated heterocycles. The van der Waals surface area contributed by atoms with Crippen LogP contribution in [-0.2, 0) is 10.6 Å². The summed E-state index contributed by atoms with van der Waals surface area (Å²) >= 11 is 5.69. The lowest BCUT2D eigenvalue weighted by Crippen LogP contribution is -2.35. The lowest BCUT2D eigenvalue weighted by Gasteiger charge is -2.26. The van der Waals surface area contributed by atoms with Crippen molar-refractivity contribution in [2.24, 2.45) is 0 Å². The number of alkyl halides is 1. The van der Waals surface area contributed by atoms with Gasteiger partial charge in [0.15, 0.2) is 0 Å². The second-order valence-corrected chi connectivity index (χ2v) is 4.07. The number of rotatable bonds is 6. The van der Waals surface area contributed by atoms with E-state index in [0.29, 0.717) is 18.5 Å². The minimum Gasteiger partial charge on any atom is -0.383 e. The quantitative estimate of drug-likeness (QED) is 0.717. The van der Waals surface area contributed by atoms with Crippen molar-refractivity contribution < 1.29 is 4.74 Å². The van der Waals surface area contributed by atoms with Gasteiger partial charge in [0.1, 0.15) is 0 Å². The van der Waals surface area contributed by atoms with Crippen LogP contribution in [0.1, 0.15) is 19.4 Å². The summed E-state index contributed by atoms with van der Waals surface area (Å²) in [5, 5.41) is 0. The highest BCUT2D eigenvalue weighted by atomic mass is 35.5. The van der Waals surface area contributed by atoms with Crippen LogP contribution in [0.4, 0.5) is 5.95 Å². The number of ether oxygens (including phenoxy) is 1. The van der Waals surface area contributed by atoms with Crippen molar-refractivity contribution in [1.29, 1.82) is 0 Å². The van der Waals surface area contributed by atoms with E-state index in [1.165, 1.54) is 0 Å². The Kier molecular flexibility index (Phi) is 5.49. The van der Waals surface area contributed by atoms with E-state index in [2.05, 4.69) is 28.7 Å². The van der Waals surface area contributed by atoms with Gasteiger partial charge in [-0.3, -0.25) is 0 Å². The third-order valence-corrected chi connectivity index (χ3v) is 2.57. The van der Waals surface area contributed by atoms with Gasteiger partial charge in [0.05, 0.1) is 12.5 Å². The second-order valence-electron chi connectivity index (χ2n) is 3.80. The van der Waals surface area contributed by atoms with Crippen LogP contribution in [-0.4, -0.2) is 36.3 Å². The fourth-order valence-corrected chi connectivity index (χ4v) is 1.48. The zero-order valence-corrected chi connectivity index (χ0v) is 10.7. The molecule has 1 rings (SSSR count).